The Morgan fingerprint density at radius 3 is 2.89 bits per heavy atom. The van der Waals surface area contributed by atoms with Crippen LogP contribution in [0.5, 0.6) is 0 Å². The van der Waals surface area contributed by atoms with Gasteiger partial charge in [0.15, 0.2) is 0 Å². The van der Waals surface area contributed by atoms with Gasteiger partial charge >= 0.3 is 0 Å². The van der Waals surface area contributed by atoms with E-state index < -0.39 is 0 Å². The Balaban J connectivity index is 1.92. The molecule has 19 heavy (non-hydrogen) atoms. The van der Waals surface area contributed by atoms with Crippen molar-refractivity contribution < 1.29 is 4.74 Å². The molecule has 1 aromatic carbocycles. The van der Waals surface area contributed by atoms with Crippen molar-refractivity contribution in [2.45, 2.75) is 39.5 Å². The normalized spacial score (nSPS) is 22.4. The third-order valence-electron chi connectivity index (χ3n) is 3.99. The number of piperidine rings is 1. The first kappa shape index (κ1) is 14.5. The zero-order chi connectivity index (χ0) is 13.7. The molecule has 1 aliphatic rings. The number of nitrogens with one attached hydrogen (secondary N) is 2. The summed E-state index contributed by atoms with van der Waals surface area (Å²) < 4.78 is 5.18. The summed E-state index contributed by atoms with van der Waals surface area (Å²) in [6.07, 6.45) is 1.20. The predicted octanol–water partition coefficient (Wildman–Crippen LogP) is 2.31. The monoisotopic (exact) mass is 262 g/mol. The van der Waals surface area contributed by atoms with Gasteiger partial charge in [0.1, 0.15) is 0 Å². The fraction of sp³-hybridized carbons (Fsp3) is 0.625. The second-order valence-corrected chi connectivity index (χ2v) is 6.14. The van der Waals surface area contributed by atoms with Crippen molar-refractivity contribution in [2.24, 2.45) is 5.41 Å². The molecular weight excluding hydrogens is 236 g/mol. The second-order valence-electron chi connectivity index (χ2n) is 6.14. The number of methoxy groups -OCH3 is 1. The number of benzene rings is 1. The molecule has 0 aromatic heterocycles. The molecule has 1 heterocycles. The lowest BCUT2D eigenvalue weighted by molar-refractivity contribution is 0.182. The smallest absolute Gasteiger partial charge is 0.0713 e. The van der Waals surface area contributed by atoms with E-state index in [0.717, 1.165) is 19.6 Å². The molecule has 1 saturated heterocycles. The number of hydrogen-bond donors (Lipinski definition) is 2. The largest absolute Gasteiger partial charge is 0.380 e. The van der Waals surface area contributed by atoms with Crippen LogP contribution in [0.4, 0.5) is 0 Å². The molecule has 1 aliphatic heterocycles. The van der Waals surface area contributed by atoms with Crippen molar-refractivity contribution >= 4 is 0 Å². The van der Waals surface area contributed by atoms with Crippen LogP contribution in [0.1, 0.15) is 31.4 Å². The third kappa shape index (κ3) is 4.03. The average Bonchev–Trinajstić information content (AvgIpc) is 2.38. The van der Waals surface area contributed by atoms with Crippen LogP contribution in [0.15, 0.2) is 24.3 Å². The summed E-state index contributed by atoms with van der Waals surface area (Å²) >= 11 is 0. The van der Waals surface area contributed by atoms with Gasteiger partial charge in [0.05, 0.1) is 6.61 Å². The molecule has 0 spiro atoms. The summed E-state index contributed by atoms with van der Waals surface area (Å²) in [6, 6.07) is 9.21. The molecule has 2 N–H and O–H groups in total. The van der Waals surface area contributed by atoms with E-state index in [0.29, 0.717) is 18.1 Å². The lowest BCUT2D eigenvalue weighted by Gasteiger charge is -2.39. The first-order valence-electron chi connectivity index (χ1n) is 7.13. The molecule has 3 nitrogen and oxygen atoms in total. The molecule has 1 atom stereocenters. The van der Waals surface area contributed by atoms with Gasteiger partial charge in [-0.15, -0.1) is 0 Å². The summed E-state index contributed by atoms with van der Waals surface area (Å²) in [4.78, 5) is 0. The molecule has 0 bridgehead atoms. The lowest BCUT2D eigenvalue weighted by Crippen LogP contribution is -2.52. The second kappa shape index (κ2) is 6.51. The van der Waals surface area contributed by atoms with Crippen LogP contribution in [0, 0.1) is 5.41 Å². The van der Waals surface area contributed by atoms with Gasteiger partial charge in [-0.3, -0.25) is 0 Å². The van der Waals surface area contributed by atoms with E-state index in [1.54, 1.807) is 7.11 Å². The Morgan fingerprint density at radius 2 is 2.16 bits per heavy atom. The van der Waals surface area contributed by atoms with Crippen molar-refractivity contribution in [1.29, 1.82) is 0 Å². The minimum absolute atomic E-state index is 0.322. The molecule has 0 saturated carbocycles. The van der Waals surface area contributed by atoms with Gasteiger partial charge < -0.3 is 15.4 Å². The zero-order valence-corrected chi connectivity index (χ0v) is 12.3. The molecule has 106 valence electrons. The van der Waals surface area contributed by atoms with Gasteiger partial charge in [0.25, 0.3) is 0 Å². The highest BCUT2D eigenvalue weighted by Gasteiger charge is 2.31. The van der Waals surface area contributed by atoms with E-state index in [4.69, 9.17) is 4.74 Å². The lowest BCUT2D eigenvalue weighted by atomic mass is 9.80. The molecule has 3 heteroatoms. The Labute approximate surface area is 116 Å². The van der Waals surface area contributed by atoms with Crippen molar-refractivity contribution in [2.75, 3.05) is 20.2 Å². The standard InChI is InChI=1S/C16H26N2O/c1-16(2)12-17-8-7-15(16)18-10-13-5-4-6-14(9-13)11-19-3/h4-6,9,15,17-18H,7-8,10-12H2,1-3H3. The molecule has 0 amide bonds. The third-order valence-corrected chi connectivity index (χ3v) is 3.99. The fourth-order valence-corrected chi connectivity index (χ4v) is 2.79. The quantitative estimate of drug-likeness (QED) is 0.854. The van der Waals surface area contributed by atoms with Crippen molar-refractivity contribution in [1.82, 2.24) is 10.6 Å². The first-order chi connectivity index (χ1) is 9.12. The molecular formula is C16H26N2O. The van der Waals surface area contributed by atoms with E-state index in [9.17, 15) is 0 Å². The Hall–Kier alpha value is -0.900. The molecule has 1 aromatic rings. The Bertz CT molecular complexity index is 403. The summed E-state index contributed by atoms with van der Waals surface area (Å²) in [5.41, 5.74) is 2.90. The highest BCUT2D eigenvalue weighted by molar-refractivity contribution is 5.23. The Kier molecular flexibility index (Phi) is 4.97. The predicted molar refractivity (Wildman–Crippen MR) is 79.1 cm³/mol. The zero-order valence-electron chi connectivity index (χ0n) is 12.3. The topological polar surface area (TPSA) is 33.3 Å². The fourth-order valence-electron chi connectivity index (χ4n) is 2.79. The number of ether oxygens (including phenoxy) is 1. The maximum Gasteiger partial charge on any atom is 0.0713 e. The summed E-state index contributed by atoms with van der Waals surface area (Å²) in [5.74, 6) is 0. The number of rotatable bonds is 5. The minimum atomic E-state index is 0.322. The molecule has 1 fully saturated rings. The first-order valence-corrected chi connectivity index (χ1v) is 7.13. The van der Waals surface area contributed by atoms with E-state index >= 15 is 0 Å². The summed E-state index contributed by atoms with van der Waals surface area (Å²) in [7, 11) is 1.74. The highest BCUT2D eigenvalue weighted by Crippen LogP contribution is 2.25. The SMILES string of the molecule is COCc1cccc(CNC2CCNCC2(C)C)c1. The minimum Gasteiger partial charge on any atom is -0.380 e. The van der Waals surface area contributed by atoms with Gasteiger partial charge in [-0.1, -0.05) is 38.1 Å². The van der Waals surface area contributed by atoms with E-state index in [-0.39, 0.29) is 0 Å². The molecule has 2 rings (SSSR count). The van der Waals surface area contributed by atoms with E-state index in [1.807, 2.05) is 0 Å². The van der Waals surface area contributed by atoms with Crippen LogP contribution in [-0.4, -0.2) is 26.2 Å². The van der Waals surface area contributed by atoms with Crippen LogP contribution >= 0.6 is 0 Å². The summed E-state index contributed by atoms with van der Waals surface area (Å²) in [6.45, 7) is 8.49. The van der Waals surface area contributed by atoms with Gasteiger partial charge in [0, 0.05) is 26.2 Å². The van der Waals surface area contributed by atoms with Gasteiger partial charge in [-0.05, 0) is 29.5 Å². The molecule has 0 aliphatic carbocycles. The average molecular weight is 262 g/mol. The van der Waals surface area contributed by atoms with Crippen LogP contribution in [0.2, 0.25) is 0 Å². The molecule has 0 radical (unpaired) electrons. The van der Waals surface area contributed by atoms with Gasteiger partial charge in [-0.2, -0.15) is 0 Å². The van der Waals surface area contributed by atoms with Crippen LogP contribution in [0.3, 0.4) is 0 Å². The molecule has 1 unspecified atom stereocenters. The van der Waals surface area contributed by atoms with Gasteiger partial charge in [-0.25, -0.2) is 0 Å². The van der Waals surface area contributed by atoms with Crippen molar-refractivity contribution in [3.05, 3.63) is 35.4 Å². The summed E-state index contributed by atoms with van der Waals surface area (Å²) in [5, 5.41) is 7.19. The highest BCUT2D eigenvalue weighted by atomic mass is 16.5. The van der Waals surface area contributed by atoms with Gasteiger partial charge in [0.2, 0.25) is 0 Å². The number of hydrogen-bond acceptors (Lipinski definition) is 3. The van der Waals surface area contributed by atoms with Crippen LogP contribution in [-0.2, 0) is 17.9 Å². The van der Waals surface area contributed by atoms with Crippen molar-refractivity contribution in [3.63, 3.8) is 0 Å². The Morgan fingerprint density at radius 1 is 1.37 bits per heavy atom. The maximum atomic E-state index is 5.18. The maximum absolute atomic E-state index is 5.18. The van der Waals surface area contributed by atoms with Crippen molar-refractivity contribution in [3.8, 4) is 0 Å². The van der Waals surface area contributed by atoms with Crippen LogP contribution < -0.4 is 10.6 Å². The van der Waals surface area contributed by atoms with E-state index in [2.05, 4.69) is 48.7 Å². The van der Waals surface area contributed by atoms with Crippen LogP contribution in [0.25, 0.3) is 0 Å². The van der Waals surface area contributed by atoms with E-state index in [1.165, 1.54) is 17.5 Å².